The normalized spacial score (nSPS) is 20.1. The van der Waals surface area contributed by atoms with E-state index in [2.05, 4.69) is 0 Å². The minimum atomic E-state index is -0.866. The fourth-order valence-corrected chi connectivity index (χ4v) is 3.48. The van der Waals surface area contributed by atoms with Gasteiger partial charge in [-0.2, -0.15) is 0 Å². The van der Waals surface area contributed by atoms with E-state index in [1.807, 2.05) is 19.1 Å². The summed E-state index contributed by atoms with van der Waals surface area (Å²) in [5.74, 6) is -1.82. The van der Waals surface area contributed by atoms with Crippen molar-refractivity contribution in [3.8, 4) is 0 Å². The molecule has 2 atom stereocenters. The van der Waals surface area contributed by atoms with Gasteiger partial charge in [-0.05, 0) is 25.5 Å². The number of hydrogen-bond acceptors (Lipinski definition) is 4. The van der Waals surface area contributed by atoms with Crippen molar-refractivity contribution in [2.75, 3.05) is 6.54 Å². The fourth-order valence-electron chi connectivity index (χ4n) is 3.24. The maximum atomic E-state index is 12.7. The zero-order chi connectivity index (χ0) is 19.7. The largest absolute Gasteiger partial charge is 0.507 e. The third-order valence-electron chi connectivity index (χ3n) is 4.53. The highest BCUT2D eigenvalue weighted by atomic mass is 35.5. The number of Topliss-reactive ketones (excluding diaryl/α,β-unsaturated/α-hetero) is 1. The number of amides is 1. The Labute approximate surface area is 162 Å². The van der Waals surface area contributed by atoms with Crippen molar-refractivity contribution >= 4 is 29.1 Å². The molecule has 2 aromatic rings. The number of halogens is 1. The summed E-state index contributed by atoms with van der Waals surface area (Å²) in [5.41, 5.74) is 1.93. The van der Waals surface area contributed by atoms with Crippen LogP contribution in [-0.4, -0.2) is 39.5 Å². The van der Waals surface area contributed by atoms with Crippen molar-refractivity contribution in [1.29, 1.82) is 0 Å². The summed E-state index contributed by atoms with van der Waals surface area (Å²) in [6.07, 6.45) is -0.840. The van der Waals surface area contributed by atoms with Gasteiger partial charge in [0.15, 0.2) is 0 Å². The number of likely N-dealkylation sites (tertiary alicyclic amines) is 1. The highest BCUT2D eigenvalue weighted by Gasteiger charge is 2.46. The van der Waals surface area contributed by atoms with Gasteiger partial charge in [0.1, 0.15) is 5.76 Å². The van der Waals surface area contributed by atoms with E-state index in [0.29, 0.717) is 16.1 Å². The molecule has 2 aromatic carbocycles. The number of aryl methyl sites for hydroxylation is 1. The Kier molecular flexibility index (Phi) is 5.35. The Morgan fingerprint density at radius 3 is 2.37 bits per heavy atom. The van der Waals surface area contributed by atoms with Gasteiger partial charge < -0.3 is 15.1 Å². The monoisotopic (exact) mass is 385 g/mol. The molecule has 0 bridgehead atoms. The molecule has 2 N–H and O–H groups in total. The van der Waals surface area contributed by atoms with E-state index < -0.39 is 23.8 Å². The Balaban J connectivity index is 2.21. The summed E-state index contributed by atoms with van der Waals surface area (Å²) in [5, 5.41) is 21.0. The lowest BCUT2D eigenvalue weighted by molar-refractivity contribution is -0.140. The smallest absolute Gasteiger partial charge is 0.295 e. The van der Waals surface area contributed by atoms with Gasteiger partial charge in [0.05, 0.1) is 17.7 Å². The number of β-amino-alcohol motifs (C(OH)–C–C–N with tert-alkyl or cyclic N) is 1. The molecular weight excluding hydrogens is 366 g/mol. The molecule has 1 amide bonds. The minimum Gasteiger partial charge on any atom is -0.507 e. The maximum absolute atomic E-state index is 12.7. The zero-order valence-electron chi connectivity index (χ0n) is 15.0. The molecule has 1 aliphatic rings. The van der Waals surface area contributed by atoms with Crippen LogP contribution in [0.4, 0.5) is 0 Å². The van der Waals surface area contributed by atoms with Crippen LogP contribution < -0.4 is 0 Å². The summed E-state index contributed by atoms with van der Waals surface area (Å²) >= 11 is 6.32. The molecule has 0 saturated carbocycles. The first-order valence-corrected chi connectivity index (χ1v) is 8.97. The summed E-state index contributed by atoms with van der Waals surface area (Å²) in [7, 11) is 0. The number of aliphatic hydroxyl groups is 2. The van der Waals surface area contributed by atoms with Crippen LogP contribution in [0, 0.1) is 6.92 Å². The van der Waals surface area contributed by atoms with Gasteiger partial charge in [0.2, 0.25) is 0 Å². The molecule has 27 heavy (non-hydrogen) atoms. The van der Waals surface area contributed by atoms with Crippen LogP contribution >= 0.6 is 11.6 Å². The second-order valence-electron chi connectivity index (χ2n) is 6.69. The molecule has 140 valence electrons. The van der Waals surface area contributed by atoms with Crippen LogP contribution in [0.3, 0.4) is 0 Å². The molecule has 0 radical (unpaired) electrons. The third-order valence-corrected chi connectivity index (χ3v) is 4.87. The third kappa shape index (κ3) is 3.61. The van der Waals surface area contributed by atoms with Crippen molar-refractivity contribution in [1.82, 2.24) is 4.90 Å². The van der Waals surface area contributed by atoms with Crippen molar-refractivity contribution in [3.63, 3.8) is 0 Å². The van der Waals surface area contributed by atoms with Crippen molar-refractivity contribution in [3.05, 3.63) is 75.8 Å². The van der Waals surface area contributed by atoms with Gasteiger partial charge >= 0.3 is 0 Å². The molecule has 5 nitrogen and oxygen atoms in total. The number of hydrogen-bond donors (Lipinski definition) is 2. The average molecular weight is 386 g/mol. The number of aliphatic hydroxyl groups excluding tert-OH is 2. The van der Waals surface area contributed by atoms with Crippen LogP contribution in [0.25, 0.3) is 5.76 Å². The molecule has 0 spiro atoms. The van der Waals surface area contributed by atoms with Crippen LogP contribution in [-0.2, 0) is 9.59 Å². The highest BCUT2D eigenvalue weighted by Crippen LogP contribution is 2.41. The van der Waals surface area contributed by atoms with Crippen LogP contribution in [0.15, 0.2) is 54.1 Å². The van der Waals surface area contributed by atoms with E-state index in [-0.39, 0.29) is 17.9 Å². The van der Waals surface area contributed by atoms with E-state index in [4.69, 9.17) is 11.6 Å². The zero-order valence-corrected chi connectivity index (χ0v) is 15.8. The summed E-state index contributed by atoms with van der Waals surface area (Å²) in [6, 6.07) is 13.0. The van der Waals surface area contributed by atoms with Gasteiger partial charge in [0.25, 0.3) is 11.7 Å². The van der Waals surface area contributed by atoms with Gasteiger partial charge in [-0.15, -0.1) is 0 Å². The molecule has 0 aromatic heterocycles. The summed E-state index contributed by atoms with van der Waals surface area (Å²) in [6.45, 7) is 3.39. The molecule has 1 fully saturated rings. The molecule has 3 rings (SSSR count). The van der Waals surface area contributed by atoms with Crippen LogP contribution in [0.5, 0.6) is 0 Å². The van der Waals surface area contributed by atoms with Crippen molar-refractivity contribution < 1.29 is 19.8 Å². The molecule has 6 heteroatoms. The number of carbonyl (C=O) groups is 2. The van der Waals surface area contributed by atoms with E-state index in [1.54, 1.807) is 36.4 Å². The summed E-state index contributed by atoms with van der Waals surface area (Å²) in [4.78, 5) is 26.6. The lowest BCUT2D eigenvalue weighted by atomic mass is 9.95. The number of benzene rings is 2. The minimum absolute atomic E-state index is 0.0300. The number of rotatable bonds is 4. The second-order valence-corrected chi connectivity index (χ2v) is 7.10. The van der Waals surface area contributed by atoms with Crippen molar-refractivity contribution in [2.24, 2.45) is 0 Å². The Morgan fingerprint density at radius 1 is 1.15 bits per heavy atom. The SMILES string of the molecule is Cc1ccc(/C(O)=C2/C(=O)C(=O)N(CC(C)O)C2c2ccccc2Cl)cc1. The van der Waals surface area contributed by atoms with Crippen molar-refractivity contribution in [2.45, 2.75) is 26.0 Å². The first-order chi connectivity index (χ1) is 12.8. The lowest BCUT2D eigenvalue weighted by Gasteiger charge is -2.27. The van der Waals surface area contributed by atoms with Gasteiger partial charge in [-0.25, -0.2) is 0 Å². The average Bonchev–Trinajstić information content (AvgIpc) is 2.86. The Bertz CT molecular complexity index is 918. The molecule has 2 unspecified atom stereocenters. The molecule has 1 saturated heterocycles. The molecule has 1 aliphatic heterocycles. The predicted octanol–water partition coefficient (Wildman–Crippen LogP) is 3.45. The number of ketones is 1. The fraction of sp³-hybridized carbons (Fsp3) is 0.238. The van der Waals surface area contributed by atoms with E-state index >= 15 is 0 Å². The van der Waals surface area contributed by atoms with Gasteiger partial charge in [-0.3, -0.25) is 9.59 Å². The number of nitrogens with zero attached hydrogens (tertiary/aromatic N) is 1. The van der Waals surface area contributed by atoms with Crippen LogP contribution in [0.2, 0.25) is 5.02 Å². The Morgan fingerprint density at radius 2 is 1.78 bits per heavy atom. The standard InChI is InChI=1S/C21H20ClNO4/c1-12-7-9-14(10-8-12)19(25)17-18(15-5-3-4-6-16(15)22)23(11-13(2)24)21(27)20(17)26/h3-10,13,18,24-25H,11H2,1-2H3/b19-17-. The number of carbonyl (C=O) groups excluding carboxylic acids is 2. The van der Waals surface area contributed by atoms with Gasteiger partial charge in [0, 0.05) is 17.1 Å². The maximum Gasteiger partial charge on any atom is 0.295 e. The summed E-state index contributed by atoms with van der Waals surface area (Å²) < 4.78 is 0. The lowest BCUT2D eigenvalue weighted by Crippen LogP contribution is -2.35. The first kappa shape index (κ1) is 19.1. The van der Waals surface area contributed by atoms with E-state index in [9.17, 15) is 19.8 Å². The van der Waals surface area contributed by atoms with E-state index in [1.165, 1.54) is 11.8 Å². The van der Waals surface area contributed by atoms with Gasteiger partial charge in [-0.1, -0.05) is 59.6 Å². The van der Waals surface area contributed by atoms with E-state index in [0.717, 1.165) is 5.56 Å². The molecule has 1 heterocycles. The quantitative estimate of drug-likeness (QED) is 0.480. The highest BCUT2D eigenvalue weighted by molar-refractivity contribution is 6.47. The second kappa shape index (κ2) is 7.55. The Hall–Kier alpha value is -2.63. The molecular formula is C21H20ClNO4. The predicted molar refractivity (Wildman–Crippen MR) is 103 cm³/mol. The molecule has 0 aliphatic carbocycles. The topological polar surface area (TPSA) is 77.8 Å². The van der Waals surface area contributed by atoms with Crippen LogP contribution in [0.1, 0.15) is 29.7 Å². The first-order valence-electron chi connectivity index (χ1n) is 8.59.